The number of hydrogen-bond acceptors (Lipinski definition) is 4. The Kier molecular flexibility index (Phi) is 4.82. The van der Waals surface area contributed by atoms with E-state index in [2.05, 4.69) is 98.0 Å². The zero-order chi connectivity index (χ0) is 18.8. The van der Waals surface area contributed by atoms with Crippen molar-refractivity contribution in [2.45, 2.75) is 13.5 Å². The fraction of sp³-hybridized carbons (Fsp3) is 0.174. The first-order chi connectivity index (χ1) is 13.1. The molecule has 136 valence electrons. The molecule has 0 radical (unpaired) electrons. The molecular formula is C23H23N3S. The number of nitrogens with zero attached hydrogens (tertiary/aromatic N) is 2. The van der Waals surface area contributed by atoms with Gasteiger partial charge in [0.05, 0.1) is 10.2 Å². The Bertz CT molecular complexity index is 1050. The molecule has 0 saturated heterocycles. The average molecular weight is 374 g/mol. The predicted octanol–water partition coefficient (Wildman–Crippen LogP) is 5.95. The quantitative estimate of drug-likeness (QED) is 0.468. The van der Waals surface area contributed by atoms with Crippen molar-refractivity contribution < 1.29 is 0 Å². The van der Waals surface area contributed by atoms with Gasteiger partial charge in [0.15, 0.2) is 0 Å². The number of nitrogens with one attached hydrogen (secondary N) is 1. The fourth-order valence-electron chi connectivity index (χ4n) is 3.00. The van der Waals surface area contributed by atoms with Gasteiger partial charge in [-0.3, -0.25) is 0 Å². The summed E-state index contributed by atoms with van der Waals surface area (Å²) in [6.07, 6.45) is 0. The van der Waals surface area contributed by atoms with Crippen LogP contribution in [0.3, 0.4) is 0 Å². The highest BCUT2D eigenvalue weighted by molar-refractivity contribution is 7.21. The highest BCUT2D eigenvalue weighted by Gasteiger charge is 2.06. The van der Waals surface area contributed by atoms with Gasteiger partial charge in [0, 0.05) is 37.6 Å². The molecular weight excluding hydrogens is 350 g/mol. The van der Waals surface area contributed by atoms with Gasteiger partial charge >= 0.3 is 0 Å². The van der Waals surface area contributed by atoms with Gasteiger partial charge in [-0.1, -0.05) is 18.2 Å². The first-order valence-electron chi connectivity index (χ1n) is 9.06. The molecule has 0 aliphatic carbocycles. The topological polar surface area (TPSA) is 28.2 Å². The Balaban J connectivity index is 1.45. The van der Waals surface area contributed by atoms with Crippen LogP contribution in [0, 0.1) is 6.92 Å². The summed E-state index contributed by atoms with van der Waals surface area (Å²) in [7, 11) is 4.11. The SMILES string of the molecule is Cc1ccc2nc(-c3ccc(NCc4ccc(N(C)C)cc4)cc3)sc2c1. The molecule has 0 aliphatic rings. The monoisotopic (exact) mass is 373 g/mol. The number of aromatic nitrogens is 1. The third-order valence-corrected chi connectivity index (χ3v) is 5.69. The molecule has 4 aromatic rings. The van der Waals surface area contributed by atoms with Crippen molar-refractivity contribution in [2.75, 3.05) is 24.3 Å². The van der Waals surface area contributed by atoms with E-state index >= 15 is 0 Å². The number of hydrogen-bond donors (Lipinski definition) is 1. The van der Waals surface area contributed by atoms with Crippen LogP contribution in [0.2, 0.25) is 0 Å². The lowest BCUT2D eigenvalue weighted by Crippen LogP contribution is -2.08. The van der Waals surface area contributed by atoms with E-state index in [0.29, 0.717) is 0 Å². The minimum atomic E-state index is 0.813. The van der Waals surface area contributed by atoms with Crippen LogP contribution in [0.4, 0.5) is 11.4 Å². The number of thiazole rings is 1. The summed E-state index contributed by atoms with van der Waals surface area (Å²) in [4.78, 5) is 6.87. The molecule has 4 rings (SSSR count). The van der Waals surface area contributed by atoms with Crippen LogP contribution in [0.1, 0.15) is 11.1 Å². The first-order valence-corrected chi connectivity index (χ1v) is 9.88. The van der Waals surface area contributed by atoms with Crippen molar-refractivity contribution >= 4 is 32.9 Å². The van der Waals surface area contributed by atoms with Crippen LogP contribution in [0.15, 0.2) is 66.7 Å². The number of rotatable bonds is 5. The van der Waals surface area contributed by atoms with Crippen molar-refractivity contribution in [3.63, 3.8) is 0 Å². The smallest absolute Gasteiger partial charge is 0.124 e. The van der Waals surface area contributed by atoms with Gasteiger partial charge in [-0.2, -0.15) is 0 Å². The van der Waals surface area contributed by atoms with Gasteiger partial charge in [0.2, 0.25) is 0 Å². The lowest BCUT2D eigenvalue weighted by Gasteiger charge is -2.13. The van der Waals surface area contributed by atoms with E-state index in [1.807, 2.05) is 0 Å². The van der Waals surface area contributed by atoms with E-state index in [9.17, 15) is 0 Å². The minimum Gasteiger partial charge on any atom is -0.381 e. The Morgan fingerprint density at radius 3 is 2.37 bits per heavy atom. The maximum atomic E-state index is 4.76. The van der Waals surface area contributed by atoms with E-state index in [1.54, 1.807) is 11.3 Å². The maximum Gasteiger partial charge on any atom is 0.124 e. The van der Waals surface area contributed by atoms with E-state index in [1.165, 1.54) is 21.5 Å². The molecule has 3 nitrogen and oxygen atoms in total. The Morgan fingerprint density at radius 2 is 1.67 bits per heavy atom. The second-order valence-corrected chi connectivity index (χ2v) is 8.01. The summed E-state index contributed by atoms with van der Waals surface area (Å²) in [5.74, 6) is 0. The van der Waals surface area contributed by atoms with E-state index in [4.69, 9.17) is 4.98 Å². The molecule has 0 amide bonds. The van der Waals surface area contributed by atoms with Crippen molar-refractivity contribution in [1.29, 1.82) is 0 Å². The first kappa shape index (κ1) is 17.6. The number of fused-ring (bicyclic) bond motifs is 1. The standard InChI is InChI=1S/C23H23N3S/c1-16-4-13-21-22(14-16)27-23(25-21)18-7-9-19(10-8-18)24-15-17-5-11-20(12-6-17)26(2)3/h4-14,24H,15H2,1-3H3. The zero-order valence-corrected chi connectivity index (χ0v) is 16.7. The zero-order valence-electron chi connectivity index (χ0n) is 15.9. The van der Waals surface area contributed by atoms with Crippen LogP contribution in [0.5, 0.6) is 0 Å². The molecule has 1 aromatic heterocycles. The van der Waals surface area contributed by atoms with Crippen molar-refractivity contribution in [2.24, 2.45) is 0 Å². The molecule has 0 unspecified atom stereocenters. The molecule has 0 fully saturated rings. The minimum absolute atomic E-state index is 0.813. The lowest BCUT2D eigenvalue weighted by atomic mass is 10.2. The van der Waals surface area contributed by atoms with Crippen LogP contribution in [-0.4, -0.2) is 19.1 Å². The summed E-state index contributed by atoms with van der Waals surface area (Å²) < 4.78 is 1.24. The van der Waals surface area contributed by atoms with Crippen LogP contribution in [-0.2, 0) is 6.54 Å². The molecule has 0 aliphatic heterocycles. The summed E-state index contributed by atoms with van der Waals surface area (Å²) >= 11 is 1.75. The molecule has 3 aromatic carbocycles. The van der Waals surface area contributed by atoms with Crippen molar-refractivity contribution in [3.05, 3.63) is 77.9 Å². The molecule has 0 spiro atoms. The van der Waals surface area contributed by atoms with Gasteiger partial charge in [0.25, 0.3) is 0 Å². The predicted molar refractivity (Wildman–Crippen MR) is 118 cm³/mol. The second kappa shape index (κ2) is 7.41. The average Bonchev–Trinajstić information content (AvgIpc) is 3.10. The van der Waals surface area contributed by atoms with Gasteiger partial charge < -0.3 is 10.2 Å². The van der Waals surface area contributed by atoms with E-state index in [0.717, 1.165) is 28.3 Å². The third kappa shape index (κ3) is 3.96. The van der Waals surface area contributed by atoms with E-state index < -0.39 is 0 Å². The summed E-state index contributed by atoms with van der Waals surface area (Å²) in [5, 5.41) is 4.56. The third-order valence-electron chi connectivity index (χ3n) is 4.63. The number of benzene rings is 3. The van der Waals surface area contributed by atoms with Gasteiger partial charge in [-0.25, -0.2) is 4.98 Å². The fourth-order valence-corrected chi connectivity index (χ4v) is 4.07. The lowest BCUT2D eigenvalue weighted by molar-refractivity contribution is 1.11. The maximum absolute atomic E-state index is 4.76. The second-order valence-electron chi connectivity index (χ2n) is 6.98. The summed E-state index contributed by atoms with van der Waals surface area (Å²) in [5.41, 5.74) is 7.11. The molecule has 27 heavy (non-hydrogen) atoms. The normalized spacial score (nSPS) is 10.9. The molecule has 1 heterocycles. The molecule has 0 bridgehead atoms. The molecule has 0 saturated carbocycles. The largest absolute Gasteiger partial charge is 0.381 e. The summed E-state index contributed by atoms with van der Waals surface area (Å²) in [6, 6.07) is 23.6. The van der Waals surface area contributed by atoms with Gasteiger partial charge in [-0.15, -0.1) is 11.3 Å². The van der Waals surface area contributed by atoms with Gasteiger partial charge in [0.1, 0.15) is 5.01 Å². The van der Waals surface area contributed by atoms with Crippen LogP contribution >= 0.6 is 11.3 Å². The Hall–Kier alpha value is -2.85. The Morgan fingerprint density at radius 1 is 0.926 bits per heavy atom. The van der Waals surface area contributed by atoms with Crippen LogP contribution < -0.4 is 10.2 Å². The number of anilines is 2. The van der Waals surface area contributed by atoms with Crippen molar-refractivity contribution in [3.8, 4) is 10.6 Å². The van der Waals surface area contributed by atoms with Gasteiger partial charge in [-0.05, 0) is 66.6 Å². The molecule has 1 N–H and O–H groups in total. The van der Waals surface area contributed by atoms with Crippen molar-refractivity contribution in [1.82, 2.24) is 4.98 Å². The molecule has 0 atom stereocenters. The van der Waals surface area contributed by atoms with E-state index in [-0.39, 0.29) is 0 Å². The highest BCUT2D eigenvalue weighted by Crippen LogP contribution is 2.31. The molecule has 4 heteroatoms. The summed E-state index contributed by atoms with van der Waals surface area (Å²) in [6.45, 7) is 2.93. The number of aryl methyl sites for hydroxylation is 1. The van der Waals surface area contributed by atoms with Crippen LogP contribution in [0.25, 0.3) is 20.8 Å². The Labute approximate surface area is 164 Å². The highest BCUT2D eigenvalue weighted by atomic mass is 32.1.